The summed E-state index contributed by atoms with van der Waals surface area (Å²) in [5.41, 5.74) is -0.534. The highest BCUT2D eigenvalue weighted by Gasteiger charge is 2.31. The van der Waals surface area contributed by atoms with Crippen LogP contribution < -0.4 is 10.9 Å². The second-order valence-corrected chi connectivity index (χ2v) is 8.14. The minimum Gasteiger partial charge on any atom is -0.456 e. The van der Waals surface area contributed by atoms with Gasteiger partial charge in [0.25, 0.3) is 5.56 Å². The van der Waals surface area contributed by atoms with Crippen molar-refractivity contribution in [1.82, 2.24) is 9.97 Å². The van der Waals surface area contributed by atoms with Crippen LogP contribution in [0.5, 0.6) is 0 Å². The Balaban J connectivity index is 1.72. The molecule has 2 N–H and O–H groups in total. The van der Waals surface area contributed by atoms with Gasteiger partial charge in [0.05, 0.1) is 21.8 Å². The molecule has 0 saturated heterocycles. The first kappa shape index (κ1) is 22.1. The van der Waals surface area contributed by atoms with Crippen LogP contribution in [0.15, 0.2) is 34.4 Å². The van der Waals surface area contributed by atoms with Crippen molar-refractivity contribution in [2.45, 2.75) is 32.7 Å². The van der Waals surface area contributed by atoms with Crippen molar-refractivity contribution in [2.75, 3.05) is 5.32 Å². The standard InChI is InChI=1S/C19H17ClF3N3O3S/c1-9(2)15(25-12-4-3-10(7-11(12)20)19(21,22)23)18(28)29-8-14-24-13-5-6-30-16(13)17(27)26-14/h3-7,9,15,25H,8H2,1-2H3,(H,24,26,27)/t15-/m1/s1. The van der Waals surface area contributed by atoms with Gasteiger partial charge in [0.1, 0.15) is 23.2 Å². The number of H-pyrrole nitrogens is 1. The van der Waals surface area contributed by atoms with Gasteiger partial charge in [-0.3, -0.25) is 4.79 Å². The molecule has 1 aromatic carbocycles. The average Bonchev–Trinajstić information content (AvgIpc) is 3.13. The summed E-state index contributed by atoms with van der Waals surface area (Å²) in [6.07, 6.45) is -4.52. The van der Waals surface area contributed by atoms with Gasteiger partial charge in [-0.25, -0.2) is 9.78 Å². The molecule has 0 radical (unpaired) electrons. The number of carbonyl (C=O) groups is 1. The first-order valence-corrected chi connectivity index (χ1v) is 10.1. The van der Waals surface area contributed by atoms with Crippen LogP contribution in [-0.4, -0.2) is 22.0 Å². The fourth-order valence-corrected chi connectivity index (χ4v) is 3.65. The SMILES string of the molecule is CC(C)[C@@H](Nc1ccc(C(F)(F)F)cc1Cl)C(=O)OCc1nc2ccsc2c(=O)[nH]1. The predicted molar refractivity (Wildman–Crippen MR) is 109 cm³/mol. The lowest BCUT2D eigenvalue weighted by Crippen LogP contribution is -2.36. The Hall–Kier alpha value is -2.59. The molecule has 11 heteroatoms. The van der Waals surface area contributed by atoms with Crippen LogP contribution in [0, 0.1) is 5.92 Å². The Morgan fingerprint density at radius 2 is 2.07 bits per heavy atom. The zero-order chi connectivity index (χ0) is 22.1. The van der Waals surface area contributed by atoms with Crippen LogP contribution in [0.3, 0.4) is 0 Å². The number of hydrogen-bond donors (Lipinski definition) is 2. The van der Waals surface area contributed by atoms with E-state index in [1.807, 2.05) is 0 Å². The molecule has 2 heterocycles. The molecular formula is C19H17ClF3N3O3S. The summed E-state index contributed by atoms with van der Waals surface area (Å²) >= 11 is 7.21. The number of anilines is 1. The fourth-order valence-electron chi connectivity index (χ4n) is 2.69. The Morgan fingerprint density at radius 1 is 1.33 bits per heavy atom. The van der Waals surface area contributed by atoms with Crippen LogP contribution in [-0.2, 0) is 22.3 Å². The summed E-state index contributed by atoms with van der Waals surface area (Å²) in [4.78, 5) is 31.4. The Kier molecular flexibility index (Phi) is 6.37. The molecule has 1 atom stereocenters. The first-order valence-electron chi connectivity index (χ1n) is 8.82. The number of nitrogens with zero attached hydrogens (tertiary/aromatic N) is 1. The average molecular weight is 460 g/mol. The number of halogens is 4. The number of ether oxygens (including phenoxy) is 1. The molecule has 160 valence electrons. The molecule has 30 heavy (non-hydrogen) atoms. The molecule has 0 saturated carbocycles. The Bertz CT molecular complexity index is 1130. The van der Waals surface area contributed by atoms with E-state index >= 15 is 0 Å². The highest BCUT2D eigenvalue weighted by atomic mass is 35.5. The molecule has 2 aromatic heterocycles. The minimum atomic E-state index is -4.52. The lowest BCUT2D eigenvalue weighted by atomic mass is 10.0. The quantitative estimate of drug-likeness (QED) is 0.515. The van der Waals surface area contributed by atoms with Crippen LogP contribution in [0.25, 0.3) is 10.2 Å². The van der Waals surface area contributed by atoms with Crippen LogP contribution in [0.4, 0.5) is 18.9 Å². The van der Waals surface area contributed by atoms with Crippen molar-refractivity contribution in [1.29, 1.82) is 0 Å². The van der Waals surface area contributed by atoms with Crippen molar-refractivity contribution in [3.05, 3.63) is 56.4 Å². The van der Waals surface area contributed by atoms with E-state index in [1.54, 1.807) is 25.3 Å². The van der Waals surface area contributed by atoms with Crippen molar-refractivity contribution in [3.63, 3.8) is 0 Å². The first-order chi connectivity index (χ1) is 14.1. The smallest absolute Gasteiger partial charge is 0.416 e. The van der Waals surface area contributed by atoms with E-state index in [2.05, 4.69) is 15.3 Å². The topological polar surface area (TPSA) is 84.1 Å². The molecule has 3 rings (SSSR count). The van der Waals surface area contributed by atoms with E-state index < -0.39 is 23.8 Å². The van der Waals surface area contributed by atoms with Gasteiger partial charge in [-0.15, -0.1) is 11.3 Å². The summed E-state index contributed by atoms with van der Waals surface area (Å²) in [5.74, 6) is -0.731. The van der Waals surface area contributed by atoms with E-state index in [4.69, 9.17) is 16.3 Å². The van der Waals surface area contributed by atoms with Crippen molar-refractivity contribution >= 4 is 44.8 Å². The summed E-state index contributed by atoms with van der Waals surface area (Å²) in [6.45, 7) is 3.23. The largest absolute Gasteiger partial charge is 0.456 e. The lowest BCUT2D eigenvalue weighted by Gasteiger charge is -2.23. The van der Waals surface area contributed by atoms with E-state index in [0.29, 0.717) is 10.2 Å². The highest BCUT2D eigenvalue weighted by molar-refractivity contribution is 7.17. The number of nitrogens with one attached hydrogen (secondary N) is 2. The third kappa shape index (κ3) is 4.93. The van der Waals surface area contributed by atoms with Gasteiger partial charge < -0.3 is 15.0 Å². The molecule has 0 aliphatic heterocycles. The molecule has 0 aliphatic rings. The molecule has 0 spiro atoms. The second kappa shape index (κ2) is 8.65. The van der Waals surface area contributed by atoms with E-state index in [1.165, 1.54) is 11.3 Å². The third-order valence-electron chi connectivity index (χ3n) is 4.24. The number of thiophene rings is 1. The van der Waals surface area contributed by atoms with Crippen LogP contribution >= 0.6 is 22.9 Å². The summed E-state index contributed by atoms with van der Waals surface area (Å²) < 4.78 is 44.1. The molecule has 0 bridgehead atoms. The summed E-state index contributed by atoms with van der Waals surface area (Å²) in [7, 11) is 0. The lowest BCUT2D eigenvalue weighted by molar-refractivity contribution is -0.147. The molecule has 0 amide bonds. The maximum atomic E-state index is 12.8. The second-order valence-electron chi connectivity index (χ2n) is 6.81. The van der Waals surface area contributed by atoms with E-state index in [0.717, 1.165) is 18.2 Å². The van der Waals surface area contributed by atoms with E-state index in [-0.39, 0.29) is 34.6 Å². The maximum absolute atomic E-state index is 12.8. The van der Waals surface area contributed by atoms with Crippen molar-refractivity contribution in [3.8, 4) is 0 Å². The number of benzene rings is 1. The van der Waals surface area contributed by atoms with Crippen LogP contribution in [0.1, 0.15) is 25.2 Å². The van der Waals surface area contributed by atoms with Crippen molar-refractivity contribution < 1.29 is 22.7 Å². The number of hydrogen-bond acceptors (Lipinski definition) is 6. The fraction of sp³-hybridized carbons (Fsp3) is 0.316. The summed E-state index contributed by atoms with van der Waals surface area (Å²) in [6, 6.07) is 3.64. The number of fused-ring (bicyclic) bond motifs is 1. The number of aromatic nitrogens is 2. The number of aromatic amines is 1. The molecule has 6 nitrogen and oxygen atoms in total. The Morgan fingerprint density at radius 3 is 2.70 bits per heavy atom. The van der Waals surface area contributed by atoms with Gasteiger partial charge in [0.2, 0.25) is 0 Å². The zero-order valence-corrected chi connectivity index (χ0v) is 17.4. The predicted octanol–water partition coefficient (Wildman–Crippen LogP) is 4.84. The van der Waals surface area contributed by atoms with Crippen LogP contribution in [0.2, 0.25) is 5.02 Å². The van der Waals surface area contributed by atoms with Gasteiger partial charge in [0.15, 0.2) is 0 Å². The van der Waals surface area contributed by atoms with E-state index in [9.17, 15) is 22.8 Å². The monoisotopic (exact) mass is 459 g/mol. The minimum absolute atomic E-state index is 0.169. The normalized spacial score (nSPS) is 12.9. The van der Waals surface area contributed by atoms with Gasteiger partial charge in [0, 0.05) is 0 Å². The molecular weight excluding hydrogens is 443 g/mol. The van der Waals surface area contributed by atoms with Crippen molar-refractivity contribution in [2.24, 2.45) is 5.92 Å². The van der Waals surface area contributed by atoms with Gasteiger partial charge >= 0.3 is 12.1 Å². The summed E-state index contributed by atoms with van der Waals surface area (Å²) in [5, 5.41) is 4.40. The molecule has 0 aliphatic carbocycles. The molecule has 0 fully saturated rings. The number of rotatable bonds is 6. The number of alkyl halides is 3. The van der Waals surface area contributed by atoms with Gasteiger partial charge in [-0.05, 0) is 35.6 Å². The molecule has 3 aromatic rings. The highest BCUT2D eigenvalue weighted by Crippen LogP contribution is 2.34. The van der Waals surface area contributed by atoms with Gasteiger partial charge in [-0.2, -0.15) is 13.2 Å². The number of carbonyl (C=O) groups excluding carboxylic acids is 1. The Labute approximate surface area is 178 Å². The van der Waals surface area contributed by atoms with Gasteiger partial charge in [-0.1, -0.05) is 25.4 Å². The number of esters is 1. The third-order valence-corrected chi connectivity index (χ3v) is 5.46. The zero-order valence-electron chi connectivity index (χ0n) is 15.8. The maximum Gasteiger partial charge on any atom is 0.416 e. The molecule has 0 unspecified atom stereocenters.